The Labute approximate surface area is 267 Å². The molecule has 0 unspecified atom stereocenters. The highest BCUT2D eigenvalue weighted by molar-refractivity contribution is 6.04. The number of ether oxygens (including phenoxy) is 1. The van der Waals surface area contributed by atoms with Gasteiger partial charge in [-0.15, -0.1) is 0 Å². The van der Waals surface area contributed by atoms with Crippen LogP contribution in [0.25, 0.3) is 44.3 Å². The molecule has 0 aliphatic carbocycles. The van der Waals surface area contributed by atoms with Gasteiger partial charge in [0.1, 0.15) is 11.5 Å². The molecule has 3 heterocycles. The van der Waals surface area contributed by atoms with Crippen molar-refractivity contribution in [3.63, 3.8) is 0 Å². The molecule has 0 saturated heterocycles. The van der Waals surface area contributed by atoms with Gasteiger partial charge >= 0.3 is 0 Å². The topological polar surface area (TPSA) is 35.0 Å². The van der Waals surface area contributed by atoms with Gasteiger partial charge in [0.2, 0.25) is 0 Å². The third-order valence-corrected chi connectivity index (χ3v) is 9.21. The number of benzene rings is 6. The quantitative estimate of drug-likeness (QED) is 0.192. The first-order valence-electron chi connectivity index (χ1n) is 15.6. The third kappa shape index (κ3) is 3.99. The van der Waals surface area contributed by atoms with Gasteiger partial charge in [-0.05, 0) is 35.4 Å². The first kappa shape index (κ1) is 26.4. The highest BCUT2D eigenvalue weighted by Crippen LogP contribution is 2.56. The number of nitrogens with zero attached hydrogens (tertiary/aromatic N) is 2. The van der Waals surface area contributed by atoms with Crippen molar-refractivity contribution in [3.8, 4) is 34.0 Å². The van der Waals surface area contributed by atoms with E-state index in [0.717, 1.165) is 72.5 Å². The summed E-state index contributed by atoms with van der Waals surface area (Å²) in [6.45, 7) is 0. The largest absolute Gasteiger partial charge is 0.457 e. The summed E-state index contributed by atoms with van der Waals surface area (Å²) in [5.41, 5.74) is 9.67. The monoisotopic (exact) mass is 588 g/mol. The van der Waals surface area contributed by atoms with Crippen LogP contribution in [-0.4, -0.2) is 9.97 Å². The zero-order valence-electron chi connectivity index (χ0n) is 25.0. The Morgan fingerprint density at radius 1 is 0.391 bits per heavy atom. The molecule has 0 bridgehead atoms. The maximum atomic E-state index is 6.55. The SMILES string of the molecule is c1ccc(-c2ccc3ccc4ccc(-c5ccccc5C5(c6ccccc6)c6ccccc6Oc6ccccc65)nc4c3n2)cc1. The first-order valence-corrected chi connectivity index (χ1v) is 15.6. The summed E-state index contributed by atoms with van der Waals surface area (Å²) in [5, 5.41) is 2.13. The van der Waals surface area contributed by atoms with Crippen molar-refractivity contribution in [2.75, 3.05) is 0 Å². The van der Waals surface area contributed by atoms with Crippen molar-refractivity contribution in [1.82, 2.24) is 9.97 Å². The minimum atomic E-state index is -0.641. The summed E-state index contributed by atoms with van der Waals surface area (Å²) >= 11 is 0. The van der Waals surface area contributed by atoms with E-state index < -0.39 is 5.41 Å². The van der Waals surface area contributed by atoms with Gasteiger partial charge in [-0.2, -0.15) is 0 Å². The number of aromatic nitrogens is 2. The van der Waals surface area contributed by atoms with E-state index in [4.69, 9.17) is 14.7 Å². The fourth-order valence-electron chi connectivity index (χ4n) is 7.16. The van der Waals surface area contributed by atoms with Crippen LogP contribution >= 0.6 is 0 Å². The molecule has 9 rings (SSSR count). The van der Waals surface area contributed by atoms with E-state index in [9.17, 15) is 0 Å². The molecule has 216 valence electrons. The van der Waals surface area contributed by atoms with Crippen LogP contribution in [0.4, 0.5) is 0 Å². The molecule has 3 nitrogen and oxygen atoms in total. The van der Waals surface area contributed by atoms with Gasteiger partial charge in [0.05, 0.1) is 27.8 Å². The molecule has 0 spiro atoms. The summed E-state index contributed by atoms with van der Waals surface area (Å²) in [6, 6.07) is 59.4. The summed E-state index contributed by atoms with van der Waals surface area (Å²) in [7, 11) is 0. The maximum Gasteiger partial charge on any atom is 0.132 e. The van der Waals surface area contributed by atoms with Crippen LogP contribution in [0.2, 0.25) is 0 Å². The molecule has 1 aliphatic heterocycles. The molecule has 3 heteroatoms. The van der Waals surface area contributed by atoms with E-state index in [0.29, 0.717) is 0 Å². The number of pyridine rings is 2. The normalized spacial score (nSPS) is 13.1. The van der Waals surface area contributed by atoms with Crippen molar-refractivity contribution in [2.45, 2.75) is 5.41 Å². The molecule has 1 aliphatic rings. The lowest BCUT2D eigenvalue weighted by atomic mass is 9.62. The number of hydrogen-bond acceptors (Lipinski definition) is 3. The van der Waals surface area contributed by atoms with Crippen molar-refractivity contribution in [1.29, 1.82) is 0 Å². The van der Waals surface area contributed by atoms with E-state index in [1.165, 1.54) is 5.56 Å². The van der Waals surface area contributed by atoms with Crippen LogP contribution in [0, 0.1) is 0 Å². The van der Waals surface area contributed by atoms with Crippen molar-refractivity contribution < 1.29 is 4.74 Å². The van der Waals surface area contributed by atoms with Gasteiger partial charge in [0.15, 0.2) is 0 Å². The Kier molecular flexibility index (Phi) is 6.04. The summed E-state index contributed by atoms with van der Waals surface area (Å²) in [5.74, 6) is 1.71. The van der Waals surface area contributed by atoms with E-state index >= 15 is 0 Å². The molecule has 0 fully saturated rings. The van der Waals surface area contributed by atoms with Crippen molar-refractivity contribution in [2.24, 2.45) is 0 Å². The molecular formula is C43H28N2O. The van der Waals surface area contributed by atoms with Gasteiger partial charge in [-0.25, -0.2) is 9.97 Å². The Hall–Kier alpha value is -6.06. The number of para-hydroxylation sites is 2. The summed E-state index contributed by atoms with van der Waals surface area (Å²) in [4.78, 5) is 10.6. The van der Waals surface area contributed by atoms with Crippen LogP contribution in [0.1, 0.15) is 22.3 Å². The molecule has 6 aromatic carbocycles. The highest BCUT2D eigenvalue weighted by atomic mass is 16.5. The molecule has 2 aromatic heterocycles. The van der Waals surface area contributed by atoms with Crippen molar-refractivity contribution in [3.05, 3.63) is 192 Å². The fourth-order valence-corrected chi connectivity index (χ4v) is 7.16. The predicted octanol–water partition coefficient (Wildman–Crippen LogP) is 10.6. The fraction of sp³-hybridized carbons (Fsp3) is 0.0233. The van der Waals surface area contributed by atoms with E-state index in [-0.39, 0.29) is 0 Å². The Morgan fingerprint density at radius 2 is 0.870 bits per heavy atom. The second kappa shape index (κ2) is 10.5. The zero-order valence-corrected chi connectivity index (χ0v) is 25.0. The highest BCUT2D eigenvalue weighted by Gasteiger charge is 2.46. The predicted molar refractivity (Wildman–Crippen MR) is 186 cm³/mol. The number of fused-ring (bicyclic) bond motifs is 5. The van der Waals surface area contributed by atoms with E-state index in [1.54, 1.807) is 0 Å². The van der Waals surface area contributed by atoms with Gasteiger partial charge in [0, 0.05) is 33.0 Å². The van der Waals surface area contributed by atoms with Crippen LogP contribution in [0.3, 0.4) is 0 Å². The minimum absolute atomic E-state index is 0.641. The smallest absolute Gasteiger partial charge is 0.132 e. The molecule has 0 saturated carbocycles. The van der Waals surface area contributed by atoms with E-state index in [2.05, 4.69) is 140 Å². The molecule has 0 amide bonds. The summed E-state index contributed by atoms with van der Waals surface area (Å²) in [6.07, 6.45) is 0. The van der Waals surface area contributed by atoms with Crippen LogP contribution in [-0.2, 0) is 5.41 Å². The Balaban J connectivity index is 1.34. The first-order chi connectivity index (χ1) is 22.8. The van der Waals surface area contributed by atoms with Crippen LogP contribution in [0.15, 0.2) is 170 Å². The standard InChI is InChI=1S/C43H28N2O/c1-3-13-29(14-4-1)37-27-25-30-23-24-31-26-28-38(45-42(31)41(30)44-37)33-17-7-8-18-34(33)43(32-15-5-2-6-16-32)35-19-9-11-21-39(35)46-40-22-12-10-20-36(40)43/h1-28H. The second-order valence-corrected chi connectivity index (χ2v) is 11.7. The lowest BCUT2D eigenvalue weighted by Gasteiger charge is -2.42. The molecule has 46 heavy (non-hydrogen) atoms. The molecule has 0 N–H and O–H groups in total. The van der Waals surface area contributed by atoms with Gasteiger partial charge in [0.25, 0.3) is 0 Å². The average molecular weight is 589 g/mol. The van der Waals surface area contributed by atoms with Crippen molar-refractivity contribution >= 4 is 21.8 Å². The zero-order chi connectivity index (χ0) is 30.5. The minimum Gasteiger partial charge on any atom is -0.457 e. The van der Waals surface area contributed by atoms with Crippen LogP contribution < -0.4 is 4.74 Å². The van der Waals surface area contributed by atoms with Gasteiger partial charge < -0.3 is 4.74 Å². The van der Waals surface area contributed by atoms with Gasteiger partial charge in [-0.1, -0.05) is 146 Å². The Morgan fingerprint density at radius 3 is 1.52 bits per heavy atom. The van der Waals surface area contributed by atoms with E-state index in [1.807, 2.05) is 30.3 Å². The van der Waals surface area contributed by atoms with Gasteiger partial charge in [-0.3, -0.25) is 0 Å². The average Bonchev–Trinajstić information content (AvgIpc) is 3.14. The molecule has 0 atom stereocenters. The maximum absolute atomic E-state index is 6.55. The number of hydrogen-bond donors (Lipinski definition) is 0. The lowest BCUT2D eigenvalue weighted by Crippen LogP contribution is -2.34. The summed E-state index contributed by atoms with van der Waals surface area (Å²) < 4.78 is 6.55. The van der Waals surface area contributed by atoms with Crippen LogP contribution in [0.5, 0.6) is 11.5 Å². The second-order valence-electron chi connectivity index (χ2n) is 11.7. The number of rotatable bonds is 4. The lowest BCUT2D eigenvalue weighted by molar-refractivity contribution is 0.434. The molecule has 0 radical (unpaired) electrons. The molecule has 8 aromatic rings. The Bertz CT molecular complexity index is 2350. The third-order valence-electron chi connectivity index (χ3n) is 9.21. The molecular weight excluding hydrogens is 560 g/mol.